The van der Waals surface area contributed by atoms with Gasteiger partial charge in [0.15, 0.2) is 11.6 Å². The maximum absolute atomic E-state index is 13.4. The Bertz CT molecular complexity index is 506. The Balaban J connectivity index is 2.07. The monoisotopic (exact) mass is 278 g/mol. The van der Waals surface area contributed by atoms with Crippen LogP contribution in [-0.2, 0) is 0 Å². The Kier molecular flexibility index (Phi) is 3.15. The Morgan fingerprint density at radius 2 is 2.00 bits per heavy atom. The van der Waals surface area contributed by atoms with E-state index in [-0.39, 0.29) is 24.2 Å². The molecule has 19 heavy (non-hydrogen) atoms. The maximum Gasteiger partial charge on any atom is 0.397 e. The van der Waals surface area contributed by atoms with Crippen LogP contribution in [0.25, 0.3) is 0 Å². The summed E-state index contributed by atoms with van der Waals surface area (Å²) >= 11 is 0. The molecule has 0 aromatic heterocycles. The van der Waals surface area contributed by atoms with Gasteiger partial charge in [-0.25, -0.2) is 9.18 Å². The van der Waals surface area contributed by atoms with Crippen LogP contribution in [0, 0.1) is 11.2 Å². The molecule has 0 aliphatic heterocycles. The van der Waals surface area contributed by atoms with Gasteiger partial charge in [0.1, 0.15) is 12.0 Å². The fourth-order valence-electron chi connectivity index (χ4n) is 1.63. The lowest BCUT2D eigenvalue weighted by Crippen LogP contribution is -2.30. The molecule has 0 unspecified atom stereocenters. The molecule has 1 aliphatic carbocycles. The van der Waals surface area contributed by atoms with E-state index < -0.39 is 30.0 Å². The molecular weight excluding hydrogens is 268 g/mol. The number of benzene rings is 1. The predicted molar refractivity (Wildman–Crippen MR) is 56.6 cm³/mol. The van der Waals surface area contributed by atoms with Gasteiger partial charge in [-0.15, -0.1) is 0 Å². The first-order chi connectivity index (χ1) is 8.75. The van der Waals surface area contributed by atoms with Crippen molar-refractivity contribution in [2.45, 2.75) is 19.0 Å². The van der Waals surface area contributed by atoms with Crippen molar-refractivity contribution in [2.75, 3.05) is 6.61 Å². The molecule has 1 saturated carbocycles. The maximum atomic E-state index is 13.4. The standard InChI is InChI=1S/C12H10F4O3/c13-8-5-7(10(17)18)1-2-9(8)19-6-11(3-4-11)12(14,15)16/h1-2,5H,3-4,6H2,(H,17,18). The van der Waals surface area contributed by atoms with E-state index in [1.54, 1.807) is 0 Å². The zero-order valence-corrected chi connectivity index (χ0v) is 9.63. The minimum absolute atomic E-state index is 0.0364. The molecule has 1 N–H and O–H groups in total. The van der Waals surface area contributed by atoms with Gasteiger partial charge in [-0.05, 0) is 31.0 Å². The third-order valence-corrected chi connectivity index (χ3v) is 3.14. The number of rotatable bonds is 4. The van der Waals surface area contributed by atoms with Gasteiger partial charge in [0.05, 0.1) is 5.56 Å². The van der Waals surface area contributed by atoms with Crippen molar-refractivity contribution in [3.63, 3.8) is 0 Å². The third-order valence-electron chi connectivity index (χ3n) is 3.14. The topological polar surface area (TPSA) is 46.5 Å². The van der Waals surface area contributed by atoms with Crippen LogP contribution >= 0.6 is 0 Å². The van der Waals surface area contributed by atoms with Gasteiger partial charge in [0.25, 0.3) is 0 Å². The minimum Gasteiger partial charge on any atom is -0.490 e. The van der Waals surface area contributed by atoms with Gasteiger partial charge in [0, 0.05) is 0 Å². The molecule has 1 aromatic rings. The van der Waals surface area contributed by atoms with Crippen molar-refractivity contribution in [1.29, 1.82) is 0 Å². The summed E-state index contributed by atoms with van der Waals surface area (Å²) in [6.45, 7) is -0.653. The number of carboxylic acid groups (broad SMARTS) is 1. The van der Waals surface area contributed by atoms with E-state index in [9.17, 15) is 22.4 Å². The first-order valence-corrected chi connectivity index (χ1v) is 5.48. The first-order valence-electron chi connectivity index (χ1n) is 5.48. The lowest BCUT2D eigenvalue weighted by atomic mass is 10.1. The Hall–Kier alpha value is -1.79. The van der Waals surface area contributed by atoms with Gasteiger partial charge >= 0.3 is 12.1 Å². The molecule has 0 radical (unpaired) electrons. The van der Waals surface area contributed by atoms with Crippen molar-refractivity contribution < 1.29 is 32.2 Å². The zero-order valence-electron chi connectivity index (χ0n) is 9.63. The van der Waals surface area contributed by atoms with E-state index in [2.05, 4.69) is 0 Å². The van der Waals surface area contributed by atoms with Crippen molar-refractivity contribution in [1.82, 2.24) is 0 Å². The molecule has 1 fully saturated rings. The van der Waals surface area contributed by atoms with Gasteiger partial charge in [-0.3, -0.25) is 0 Å². The molecule has 0 heterocycles. The van der Waals surface area contributed by atoms with Crippen LogP contribution in [0.3, 0.4) is 0 Å². The fourth-order valence-corrected chi connectivity index (χ4v) is 1.63. The second-order valence-corrected chi connectivity index (χ2v) is 4.52. The molecule has 3 nitrogen and oxygen atoms in total. The molecule has 7 heteroatoms. The summed E-state index contributed by atoms with van der Waals surface area (Å²) in [5, 5.41) is 8.62. The van der Waals surface area contributed by atoms with E-state index in [0.29, 0.717) is 6.07 Å². The molecule has 0 bridgehead atoms. The second-order valence-electron chi connectivity index (χ2n) is 4.52. The number of carbonyl (C=O) groups is 1. The van der Waals surface area contributed by atoms with Gasteiger partial charge in [0.2, 0.25) is 0 Å². The summed E-state index contributed by atoms with van der Waals surface area (Å²) in [5.74, 6) is -2.68. The molecule has 2 rings (SSSR count). The smallest absolute Gasteiger partial charge is 0.397 e. The number of halogens is 4. The van der Waals surface area contributed by atoms with E-state index in [4.69, 9.17) is 9.84 Å². The van der Waals surface area contributed by atoms with Crippen LogP contribution in [0.1, 0.15) is 23.2 Å². The number of alkyl halides is 3. The summed E-state index contributed by atoms with van der Waals surface area (Å²) in [5.41, 5.74) is -2.17. The second kappa shape index (κ2) is 4.40. The Labute approximate surface area is 105 Å². The van der Waals surface area contributed by atoms with E-state index >= 15 is 0 Å². The fraction of sp³-hybridized carbons (Fsp3) is 0.417. The Morgan fingerprint density at radius 1 is 1.37 bits per heavy atom. The molecule has 1 aliphatic rings. The minimum atomic E-state index is -4.37. The summed E-state index contributed by atoms with van der Waals surface area (Å²) in [4.78, 5) is 10.6. The highest BCUT2D eigenvalue weighted by molar-refractivity contribution is 5.87. The number of aromatic carboxylic acids is 1. The molecule has 0 amide bonds. The number of hydrogen-bond acceptors (Lipinski definition) is 2. The van der Waals surface area contributed by atoms with E-state index in [0.717, 1.165) is 12.1 Å². The van der Waals surface area contributed by atoms with Crippen LogP contribution in [-0.4, -0.2) is 23.9 Å². The lowest BCUT2D eigenvalue weighted by molar-refractivity contribution is -0.194. The summed E-state index contributed by atoms with van der Waals surface area (Å²) in [6.07, 6.45) is -4.44. The van der Waals surface area contributed by atoms with E-state index in [1.807, 2.05) is 0 Å². The van der Waals surface area contributed by atoms with Crippen LogP contribution in [0.4, 0.5) is 17.6 Å². The highest BCUT2D eigenvalue weighted by Crippen LogP contribution is 2.57. The first kappa shape index (κ1) is 13.6. The van der Waals surface area contributed by atoms with Crippen LogP contribution in [0.2, 0.25) is 0 Å². The normalized spacial score (nSPS) is 17.1. The molecule has 0 saturated heterocycles. The van der Waals surface area contributed by atoms with Crippen molar-refractivity contribution >= 4 is 5.97 Å². The summed E-state index contributed by atoms with van der Waals surface area (Å²) in [6, 6.07) is 2.81. The quantitative estimate of drug-likeness (QED) is 0.860. The van der Waals surface area contributed by atoms with Gasteiger partial charge in [-0.1, -0.05) is 0 Å². The number of hydrogen-bond donors (Lipinski definition) is 1. The van der Waals surface area contributed by atoms with Crippen LogP contribution in [0.15, 0.2) is 18.2 Å². The number of ether oxygens (including phenoxy) is 1. The van der Waals surface area contributed by atoms with Gasteiger partial charge < -0.3 is 9.84 Å². The molecular formula is C12H10F4O3. The van der Waals surface area contributed by atoms with Crippen molar-refractivity contribution in [3.8, 4) is 5.75 Å². The Morgan fingerprint density at radius 3 is 2.42 bits per heavy atom. The molecule has 1 aromatic carbocycles. The van der Waals surface area contributed by atoms with Crippen molar-refractivity contribution in [2.24, 2.45) is 5.41 Å². The zero-order chi connectivity index (χ0) is 14.3. The lowest BCUT2D eigenvalue weighted by Gasteiger charge is -2.19. The third kappa shape index (κ3) is 2.64. The van der Waals surface area contributed by atoms with Gasteiger partial charge in [-0.2, -0.15) is 13.2 Å². The van der Waals surface area contributed by atoms with E-state index in [1.165, 1.54) is 0 Å². The van der Waals surface area contributed by atoms with Crippen LogP contribution < -0.4 is 4.74 Å². The largest absolute Gasteiger partial charge is 0.490 e. The van der Waals surface area contributed by atoms with Crippen LogP contribution in [0.5, 0.6) is 5.75 Å². The summed E-state index contributed by atoms with van der Waals surface area (Å²) in [7, 11) is 0. The predicted octanol–water partition coefficient (Wildman–Crippen LogP) is 3.25. The molecule has 0 atom stereocenters. The molecule has 104 valence electrons. The highest BCUT2D eigenvalue weighted by atomic mass is 19.4. The SMILES string of the molecule is O=C(O)c1ccc(OCC2(C(F)(F)F)CC2)c(F)c1. The molecule has 0 spiro atoms. The summed E-state index contributed by atoms with van der Waals surface area (Å²) < 4.78 is 56.1. The highest BCUT2D eigenvalue weighted by Gasteiger charge is 2.63. The number of carboxylic acids is 1. The average Bonchev–Trinajstić information content (AvgIpc) is 3.07. The average molecular weight is 278 g/mol. The van der Waals surface area contributed by atoms with Crippen molar-refractivity contribution in [3.05, 3.63) is 29.6 Å².